The predicted octanol–water partition coefficient (Wildman–Crippen LogP) is 2.88. The van der Waals surface area contributed by atoms with Crippen LogP contribution in [0.2, 0.25) is 0 Å². The van der Waals surface area contributed by atoms with Gasteiger partial charge in [-0.25, -0.2) is 0 Å². The number of nitrogens with one attached hydrogen (secondary N) is 1. The third-order valence-electron chi connectivity index (χ3n) is 4.02. The summed E-state index contributed by atoms with van der Waals surface area (Å²) in [6, 6.07) is 10.4. The summed E-state index contributed by atoms with van der Waals surface area (Å²) in [7, 11) is 0. The Kier molecular flexibility index (Phi) is 5.37. The summed E-state index contributed by atoms with van der Waals surface area (Å²) < 4.78 is 5.79. The highest BCUT2D eigenvalue weighted by atomic mass is 32.1. The number of hydrogen-bond donors (Lipinski definition) is 1. The van der Waals surface area contributed by atoms with Gasteiger partial charge in [-0.05, 0) is 37.6 Å². The molecule has 136 valence electrons. The van der Waals surface area contributed by atoms with Crippen molar-refractivity contribution in [3.8, 4) is 5.75 Å². The lowest BCUT2D eigenvalue weighted by Crippen LogP contribution is -2.50. The van der Waals surface area contributed by atoms with Crippen LogP contribution in [-0.4, -0.2) is 36.8 Å². The first-order valence-corrected chi connectivity index (χ1v) is 9.29. The van der Waals surface area contributed by atoms with Gasteiger partial charge in [-0.2, -0.15) is 0 Å². The van der Waals surface area contributed by atoms with E-state index in [1.807, 2.05) is 13.0 Å². The first-order valence-electron chi connectivity index (χ1n) is 8.47. The number of ether oxygens (including phenoxy) is 1. The highest BCUT2D eigenvalue weighted by Gasteiger charge is 2.34. The minimum atomic E-state index is -0.771. The molecule has 1 aliphatic heterocycles. The summed E-state index contributed by atoms with van der Waals surface area (Å²) in [6.07, 6.45) is 0.0494. The van der Waals surface area contributed by atoms with E-state index in [1.54, 1.807) is 35.2 Å². The van der Waals surface area contributed by atoms with Crippen LogP contribution >= 0.6 is 11.3 Å². The molecule has 0 saturated carbocycles. The molecule has 0 saturated heterocycles. The fourth-order valence-electron chi connectivity index (χ4n) is 2.70. The van der Waals surface area contributed by atoms with Crippen LogP contribution in [0.25, 0.3) is 0 Å². The van der Waals surface area contributed by atoms with Crippen molar-refractivity contribution < 1.29 is 19.1 Å². The number of rotatable bonds is 5. The van der Waals surface area contributed by atoms with Gasteiger partial charge in [0.05, 0.1) is 22.0 Å². The molecule has 1 aromatic heterocycles. The van der Waals surface area contributed by atoms with Gasteiger partial charge in [0.25, 0.3) is 11.8 Å². The van der Waals surface area contributed by atoms with E-state index in [-0.39, 0.29) is 24.1 Å². The third kappa shape index (κ3) is 3.62. The zero-order valence-corrected chi connectivity index (χ0v) is 15.5. The zero-order valence-electron chi connectivity index (χ0n) is 14.7. The molecular formula is C19H20N2O4S. The molecule has 2 heterocycles. The fraction of sp³-hybridized carbons (Fsp3) is 0.316. The molecule has 0 spiro atoms. The Morgan fingerprint density at radius 3 is 2.62 bits per heavy atom. The molecule has 0 aliphatic carbocycles. The van der Waals surface area contributed by atoms with Gasteiger partial charge in [0.2, 0.25) is 0 Å². The van der Waals surface area contributed by atoms with E-state index in [9.17, 15) is 14.4 Å². The second-order valence-electron chi connectivity index (χ2n) is 6.00. The van der Waals surface area contributed by atoms with Crippen LogP contribution in [0.4, 0.5) is 5.69 Å². The second kappa shape index (κ2) is 7.70. The van der Waals surface area contributed by atoms with E-state index in [2.05, 4.69) is 5.32 Å². The maximum Gasteiger partial charge on any atom is 0.268 e. The molecule has 2 aromatic rings. The summed E-state index contributed by atoms with van der Waals surface area (Å²) in [5.74, 6) is -0.0679. The molecule has 1 atom stereocenters. The van der Waals surface area contributed by atoms with Gasteiger partial charge in [-0.15, -0.1) is 11.3 Å². The number of thiophene rings is 1. The van der Waals surface area contributed by atoms with E-state index in [1.165, 1.54) is 6.92 Å². The Labute approximate surface area is 155 Å². The van der Waals surface area contributed by atoms with Gasteiger partial charge < -0.3 is 10.1 Å². The molecule has 0 unspecified atom stereocenters. The van der Waals surface area contributed by atoms with Gasteiger partial charge >= 0.3 is 0 Å². The number of Topliss-reactive ketones (excluding diaryl/α,β-unsaturated/α-hetero) is 1. The molecule has 1 N–H and O–H groups in total. The summed E-state index contributed by atoms with van der Waals surface area (Å²) in [4.78, 5) is 39.4. The molecule has 0 radical (unpaired) electrons. The van der Waals surface area contributed by atoms with E-state index in [0.717, 1.165) is 17.8 Å². The maximum atomic E-state index is 13.0. The van der Waals surface area contributed by atoms with Crippen LogP contribution < -0.4 is 15.0 Å². The second-order valence-corrected chi connectivity index (χ2v) is 7.08. The van der Waals surface area contributed by atoms with Crippen LogP contribution in [0.15, 0.2) is 36.4 Å². The maximum absolute atomic E-state index is 13.0. The highest BCUT2D eigenvalue weighted by molar-refractivity contribution is 7.16. The van der Waals surface area contributed by atoms with E-state index in [0.29, 0.717) is 27.7 Å². The molecule has 0 fully saturated rings. The number of anilines is 1. The SMILES string of the molecule is CCCNC(=O)[C@@H]1CN(C(=O)c2ccc(C(C)=O)s2)c2ccccc2O1. The molecule has 2 amide bonds. The van der Waals surface area contributed by atoms with Gasteiger partial charge in [-0.3, -0.25) is 19.3 Å². The van der Waals surface area contributed by atoms with Crippen molar-refractivity contribution in [3.05, 3.63) is 46.2 Å². The lowest BCUT2D eigenvalue weighted by Gasteiger charge is -2.34. The smallest absolute Gasteiger partial charge is 0.268 e. The van der Waals surface area contributed by atoms with E-state index >= 15 is 0 Å². The number of carbonyl (C=O) groups excluding carboxylic acids is 3. The lowest BCUT2D eigenvalue weighted by atomic mass is 10.1. The number of fused-ring (bicyclic) bond motifs is 1. The minimum Gasteiger partial charge on any atom is -0.477 e. The zero-order chi connectivity index (χ0) is 18.7. The summed E-state index contributed by atoms with van der Waals surface area (Å²) in [6.45, 7) is 4.12. The standard InChI is InChI=1S/C19H20N2O4S/c1-3-10-20-18(23)15-11-21(13-6-4-5-7-14(13)25-15)19(24)17-9-8-16(26-17)12(2)22/h4-9,15H,3,10-11H2,1-2H3,(H,20,23)/t15-/m0/s1. The van der Waals surface area contributed by atoms with Crippen molar-refractivity contribution in [3.63, 3.8) is 0 Å². The normalized spacial score (nSPS) is 15.8. The number of amides is 2. The van der Waals surface area contributed by atoms with Crippen molar-refractivity contribution in [2.24, 2.45) is 0 Å². The Morgan fingerprint density at radius 2 is 1.92 bits per heavy atom. The number of para-hydroxylation sites is 2. The Hall–Kier alpha value is -2.67. The Balaban J connectivity index is 1.89. The van der Waals surface area contributed by atoms with Crippen molar-refractivity contribution >= 4 is 34.6 Å². The number of carbonyl (C=O) groups is 3. The molecular weight excluding hydrogens is 352 g/mol. The molecule has 1 aliphatic rings. The molecule has 1 aromatic carbocycles. The topological polar surface area (TPSA) is 75.7 Å². The Bertz CT molecular complexity index is 846. The molecule has 3 rings (SSSR count). The summed E-state index contributed by atoms with van der Waals surface area (Å²) in [5, 5.41) is 2.81. The monoisotopic (exact) mass is 372 g/mol. The molecule has 26 heavy (non-hydrogen) atoms. The van der Waals surface area contributed by atoms with Gasteiger partial charge in [0.15, 0.2) is 11.9 Å². The number of nitrogens with zero attached hydrogens (tertiary/aromatic N) is 1. The van der Waals surface area contributed by atoms with E-state index in [4.69, 9.17) is 4.74 Å². The lowest BCUT2D eigenvalue weighted by molar-refractivity contribution is -0.127. The van der Waals surface area contributed by atoms with Gasteiger partial charge in [-0.1, -0.05) is 19.1 Å². The average molecular weight is 372 g/mol. The van der Waals surface area contributed by atoms with Crippen LogP contribution in [0.1, 0.15) is 39.6 Å². The van der Waals surface area contributed by atoms with Gasteiger partial charge in [0.1, 0.15) is 5.75 Å². The Morgan fingerprint density at radius 1 is 1.19 bits per heavy atom. The molecule has 6 nitrogen and oxygen atoms in total. The highest BCUT2D eigenvalue weighted by Crippen LogP contribution is 2.35. The van der Waals surface area contributed by atoms with Crippen molar-refractivity contribution in [1.29, 1.82) is 0 Å². The number of ketones is 1. The van der Waals surface area contributed by atoms with Crippen LogP contribution in [0.5, 0.6) is 5.75 Å². The predicted molar refractivity (Wildman–Crippen MR) is 100 cm³/mol. The molecule has 0 bridgehead atoms. The summed E-state index contributed by atoms with van der Waals surface area (Å²) >= 11 is 1.16. The van der Waals surface area contributed by atoms with Crippen LogP contribution in [-0.2, 0) is 4.79 Å². The third-order valence-corrected chi connectivity index (χ3v) is 5.20. The van der Waals surface area contributed by atoms with Gasteiger partial charge in [0, 0.05) is 6.54 Å². The molecule has 7 heteroatoms. The van der Waals surface area contributed by atoms with Crippen LogP contribution in [0, 0.1) is 0 Å². The van der Waals surface area contributed by atoms with Crippen LogP contribution in [0.3, 0.4) is 0 Å². The van der Waals surface area contributed by atoms with Crippen molar-refractivity contribution in [2.45, 2.75) is 26.4 Å². The number of benzene rings is 1. The van der Waals surface area contributed by atoms with Crippen molar-refractivity contribution in [2.75, 3.05) is 18.0 Å². The van der Waals surface area contributed by atoms with Crippen molar-refractivity contribution in [1.82, 2.24) is 5.32 Å². The summed E-state index contributed by atoms with van der Waals surface area (Å²) in [5.41, 5.74) is 0.620. The first kappa shape index (κ1) is 18.1. The largest absolute Gasteiger partial charge is 0.477 e. The van der Waals surface area contributed by atoms with E-state index < -0.39 is 6.10 Å². The fourth-order valence-corrected chi connectivity index (χ4v) is 3.55. The average Bonchev–Trinajstić information content (AvgIpc) is 3.15. The first-order chi connectivity index (χ1) is 12.5. The quantitative estimate of drug-likeness (QED) is 0.819. The minimum absolute atomic E-state index is 0.0757. The number of hydrogen-bond acceptors (Lipinski definition) is 5.